The fraction of sp³-hybridized carbons (Fsp3) is 1.00. The molecule has 0 radical (unpaired) electrons. The van der Waals surface area contributed by atoms with Crippen LogP contribution in [0.15, 0.2) is 0 Å². The van der Waals surface area contributed by atoms with Crippen LogP contribution in [0.5, 0.6) is 0 Å². The summed E-state index contributed by atoms with van der Waals surface area (Å²) in [7, 11) is 0. The number of alkyl halides is 9. The van der Waals surface area contributed by atoms with Gasteiger partial charge in [0.2, 0.25) is 0 Å². The van der Waals surface area contributed by atoms with E-state index in [4.69, 9.17) is 0 Å². The van der Waals surface area contributed by atoms with Crippen LogP contribution in [0.4, 0.5) is 39.5 Å². The molecule has 0 amide bonds. The molecule has 0 unspecified atom stereocenters. The standard InChI is InChI=1S/C16H25F9/c1-2-3-4-5-6-7-8-9-10-11-12-13(17,18)14(19,20)15(21,22)16(23,24)25/h2-12H2,1H3. The minimum Gasteiger partial charge on any atom is -0.200 e. The molecule has 9 heteroatoms. The predicted octanol–water partition coefficient (Wildman–Crippen LogP) is 7.77. The van der Waals surface area contributed by atoms with E-state index in [0.29, 0.717) is 12.8 Å². The number of hydrogen-bond acceptors (Lipinski definition) is 0. The monoisotopic (exact) mass is 388 g/mol. The van der Waals surface area contributed by atoms with Gasteiger partial charge in [-0.25, -0.2) is 0 Å². The highest BCUT2D eigenvalue weighted by Crippen LogP contribution is 2.54. The molecule has 0 saturated carbocycles. The van der Waals surface area contributed by atoms with Crippen LogP contribution in [0.3, 0.4) is 0 Å². The van der Waals surface area contributed by atoms with E-state index in [1.54, 1.807) is 0 Å². The Morgan fingerprint density at radius 1 is 0.480 bits per heavy atom. The first-order valence-corrected chi connectivity index (χ1v) is 8.51. The van der Waals surface area contributed by atoms with E-state index in [2.05, 4.69) is 6.92 Å². The topological polar surface area (TPSA) is 0 Å². The number of unbranched alkanes of at least 4 members (excludes halogenated alkanes) is 9. The van der Waals surface area contributed by atoms with Gasteiger partial charge in [0.1, 0.15) is 0 Å². The molecule has 152 valence electrons. The third-order valence-corrected chi connectivity index (χ3v) is 4.05. The second kappa shape index (κ2) is 9.90. The lowest BCUT2D eigenvalue weighted by molar-refractivity contribution is -0.396. The smallest absolute Gasteiger partial charge is 0.200 e. The minimum atomic E-state index is -6.78. The molecule has 25 heavy (non-hydrogen) atoms. The van der Waals surface area contributed by atoms with Gasteiger partial charge < -0.3 is 0 Å². The SMILES string of the molecule is CCCCCCCCCCCCC(F)(F)C(F)(F)C(F)(F)C(F)(F)F. The molecule has 0 bridgehead atoms. The molecule has 0 fully saturated rings. The highest BCUT2D eigenvalue weighted by atomic mass is 19.4. The second-order valence-electron chi connectivity index (χ2n) is 6.28. The Hall–Kier alpha value is -0.630. The van der Waals surface area contributed by atoms with Gasteiger partial charge in [0.15, 0.2) is 0 Å². The summed E-state index contributed by atoms with van der Waals surface area (Å²) in [6.45, 7) is 2.07. The van der Waals surface area contributed by atoms with Crippen LogP contribution in [0.2, 0.25) is 0 Å². The van der Waals surface area contributed by atoms with Gasteiger partial charge in [-0.2, -0.15) is 39.5 Å². The van der Waals surface area contributed by atoms with Crippen molar-refractivity contribution in [3.8, 4) is 0 Å². The maximum Gasteiger partial charge on any atom is 0.460 e. The van der Waals surface area contributed by atoms with E-state index >= 15 is 0 Å². The van der Waals surface area contributed by atoms with Crippen molar-refractivity contribution in [2.24, 2.45) is 0 Å². The zero-order valence-corrected chi connectivity index (χ0v) is 14.2. The van der Waals surface area contributed by atoms with Gasteiger partial charge in [-0.3, -0.25) is 0 Å². The van der Waals surface area contributed by atoms with Gasteiger partial charge in [-0.05, 0) is 6.42 Å². The molecular weight excluding hydrogens is 363 g/mol. The van der Waals surface area contributed by atoms with E-state index in [1.807, 2.05) is 0 Å². The number of hydrogen-bond donors (Lipinski definition) is 0. The zero-order valence-electron chi connectivity index (χ0n) is 14.2. The lowest BCUT2D eigenvalue weighted by atomic mass is 9.97. The minimum absolute atomic E-state index is 0.0816. The van der Waals surface area contributed by atoms with E-state index in [-0.39, 0.29) is 6.42 Å². The molecule has 0 aliphatic heterocycles. The highest BCUT2D eigenvalue weighted by molar-refractivity contribution is 5.00. The summed E-state index contributed by atoms with van der Waals surface area (Å²) in [5, 5.41) is 0. The van der Waals surface area contributed by atoms with Gasteiger partial charge >= 0.3 is 23.9 Å². The first-order chi connectivity index (χ1) is 11.3. The molecule has 0 aliphatic carbocycles. The van der Waals surface area contributed by atoms with Crippen molar-refractivity contribution in [2.45, 2.75) is 101 Å². The van der Waals surface area contributed by atoms with E-state index in [9.17, 15) is 39.5 Å². The van der Waals surface area contributed by atoms with Gasteiger partial charge in [-0.1, -0.05) is 64.7 Å². The van der Waals surface area contributed by atoms with Crippen LogP contribution < -0.4 is 0 Å². The van der Waals surface area contributed by atoms with Crippen molar-refractivity contribution in [1.82, 2.24) is 0 Å². The van der Waals surface area contributed by atoms with Crippen molar-refractivity contribution in [3.63, 3.8) is 0 Å². The van der Waals surface area contributed by atoms with Gasteiger partial charge in [0.05, 0.1) is 0 Å². The lowest BCUT2D eigenvalue weighted by Gasteiger charge is -2.33. The molecule has 0 aromatic carbocycles. The molecule has 0 spiro atoms. The Balaban J connectivity index is 4.20. The molecule has 0 aromatic heterocycles. The molecule has 0 atom stereocenters. The van der Waals surface area contributed by atoms with Crippen LogP contribution >= 0.6 is 0 Å². The van der Waals surface area contributed by atoms with Crippen molar-refractivity contribution >= 4 is 0 Å². The van der Waals surface area contributed by atoms with Gasteiger partial charge in [-0.15, -0.1) is 0 Å². The number of rotatable bonds is 13. The quantitative estimate of drug-likeness (QED) is 0.223. The van der Waals surface area contributed by atoms with Crippen molar-refractivity contribution < 1.29 is 39.5 Å². The molecule has 0 saturated heterocycles. The maximum atomic E-state index is 13.2. The summed E-state index contributed by atoms with van der Waals surface area (Å²) in [6, 6.07) is 0. The highest BCUT2D eigenvalue weighted by Gasteiger charge is 2.81. The van der Waals surface area contributed by atoms with Crippen LogP contribution in [0.25, 0.3) is 0 Å². The van der Waals surface area contributed by atoms with Crippen LogP contribution in [-0.4, -0.2) is 23.9 Å². The molecule has 0 aromatic rings. The van der Waals surface area contributed by atoms with Crippen molar-refractivity contribution in [2.75, 3.05) is 0 Å². The fourth-order valence-corrected chi connectivity index (χ4v) is 2.40. The summed E-state index contributed by atoms with van der Waals surface area (Å²) in [6.07, 6.45) is -1.56. The molecule has 0 heterocycles. The second-order valence-corrected chi connectivity index (χ2v) is 6.28. The largest absolute Gasteiger partial charge is 0.460 e. The molecule has 0 rings (SSSR count). The van der Waals surface area contributed by atoms with E-state index in [1.165, 1.54) is 0 Å². The summed E-state index contributed by atoms with van der Waals surface area (Å²) < 4.78 is 114. The zero-order chi connectivity index (χ0) is 19.8. The van der Waals surface area contributed by atoms with Crippen LogP contribution in [0, 0.1) is 0 Å². The van der Waals surface area contributed by atoms with E-state index in [0.717, 1.165) is 38.5 Å². The van der Waals surface area contributed by atoms with Gasteiger partial charge in [0, 0.05) is 6.42 Å². The van der Waals surface area contributed by atoms with Crippen molar-refractivity contribution in [1.29, 1.82) is 0 Å². The average molecular weight is 388 g/mol. The third-order valence-electron chi connectivity index (χ3n) is 4.05. The molecule has 0 aliphatic rings. The Bertz CT molecular complexity index is 361. The van der Waals surface area contributed by atoms with Crippen LogP contribution in [0.1, 0.15) is 77.6 Å². The maximum absolute atomic E-state index is 13.2. The number of halogens is 9. The van der Waals surface area contributed by atoms with Gasteiger partial charge in [0.25, 0.3) is 0 Å². The third kappa shape index (κ3) is 6.89. The lowest BCUT2D eigenvalue weighted by Crippen LogP contribution is -2.60. The average Bonchev–Trinajstić information content (AvgIpc) is 2.47. The normalized spacial score (nSPS) is 14.2. The fourth-order valence-electron chi connectivity index (χ4n) is 2.40. The Kier molecular flexibility index (Phi) is 9.65. The van der Waals surface area contributed by atoms with Crippen molar-refractivity contribution in [3.05, 3.63) is 0 Å². The van der Waals surface area contributed by atoms with E-state index < -0.39 is 36.8 Å². The summed E-state index contributed by atoms with van der Waals surface area (Å²) >= 11 is 0. The summed E-state index contributed by atoms with van der Waals surface area (Å²) in [4.78, 5) is 0. The Morgan fingerprint density at radius 3 is 1.20 bits per heavy atom. The summed E-state index contributed by atoms with van der Waals surface area (Å²) in [5.74, 6) is -18.7. The summed E-state index contributed by atoms with van der Waals surface area (Å²) in [5.41, 5.74) is 0. The predicted molar refractivity (Wildman–Crippen MR) is 77.4 cm³/mol. The first kappa shape index (κ1) is 24.4. The Labute approximate surface area is 142 Å². The molecule has 0 N–H and O–H groups in total. The first-order valence-electron chi connectivity index (χ1n) is 8.51. The molecule has 0 nitrogen and oxygen atoms in total. The molecular formula is C16H25F9. The van der Waals surface area contributed by atoms with Crippen LogP contribution in [-0.2, 0) is 0 Å². The Morgan fingerprint density at radius 2 is 0.840 bits per heavy atom.